The number of amides is 2. The highest BCUT2D eigenvalue weighted by molar-refractivity contribution is 8.00. The molecule has 7 heteroatoms. The van der Waals surface area contributed by atoms with E-state index in [4.69, 9.17) is 0 Å². The third kappa shape index (κ3) is 6.28. The maximum absolute atomic E-state index is 13.2. The van der Waals surface area contributed by atoms with Crippen molar-refractivity contribution in [2.24, 2.45) is 0 Å². The second-order valence-corrected chi connectivity index (χ2v) is 11.8. The molecule has 0 saturated heterocycles. The second kappa shape index (κ2) is 12.4. The molecule has 0 radical (unpaired) electrons. The normalized spacial score (nSPS) is 11.9. The van der Waals surface area contributed by atoms with Gasteiger partial charge in [0.15, 0.2) is 5.78 Å². The fraction of sp³-hybridized carbons (Fsp3) is 0.0571. The van der Waals surface area contributed by atoms with Crippen LogP contribution in [0.3, 0.4) is 0 Å². The molecule has 0 spiro atoms. The van der Waals surface area contributed by atoms with E-state index < -0.39 is 5.91 Å². The molecule has 1 aromatic heterocycles. The second-order valence-electron chi connectivity index (χ2n) is 9.79. The number of rotatable bonds is 9. The maximum atomic E-state index is 13.2. The number of ketones is 1. The molecule has 0 unspecified atom stereocenters. The Morgan fingerprint density at radius 3 is 2.31 bits per heavy atom. The van der Waals surface area contributed by atoms with E-state index >= 15 is 0 Å². The summed E-state index contributed by atoms with van der Waals surface area (Å²) in [5.41, 5.74) is 6.86. The van der Waals surface area contributed by atoms with Gasteiger partial charge >= 0.3 is 0 Å². The van der Waals surface area contributed by atoms with E-state index in [-0.39, 0.29) is 17.4 Å². The van der Waals surface area contributed by atoms with E-state index in [1.807, 2.05) is 53.9 Å². The summed E-state index contributed by atoms with van der Waals surface area (Å²) in [6.45, 7) is 0. The number of Topliss-reactive ketones (excluding diaryl/α,β-unsaturated/α-hetero) is 1. The Kier molecular flexibility index (Phi) is 8.12. The minimum Gasteiger partial charge on any atom is -0.321 e. The molecule has 2 amide bonds. The lowest BCUT2D eigenvalue weighted by molar-refractivity contribution is -0.113. The molecule has 1 heterocycles. The Morgan fingerprint density at radius 1 is 0.762 bits per heavy atom. The average molecular weight is 587 g/mol. The third-order valence-corrected chi connectivity index (χ3v) is 8.79. The molecule has 1 aliphatic carbocycles. The quantitative estimate of drug-likeness (QED) is 0.103. The summed E-state index contributed by atoms with van der Waals surface area (Å²) in [7, 11) is 0. The van der Waals surface area contributed by atoms with E-state index in [9.17, 15) is 14.4 Å². The molecule has 206 valence electrons. The predicted molar refractivity (Wildman–Crippen MR) is 171 cm³/mol. The predicted octanol–water partition coefficient (Wildman–Crippen LogP) is 7.70. The molecular formula is C35H26N2O3S2. The van der Waals surface area contributed by atoms with Crippen molar-refractivity contribution in [2.45, 2.75) is 11.3 Å². The molecular weight excluding hydrogens is 561 g/mol. The van der Waals surface area contributed by atoms with E-state index in [0.717, 1.165) is 21.8 Å². The summed E-state index contributed by atoms with van der Waals surface area (Å²) in [5.74, 6) is -0.398. The average Bonchev–Trinajstić information content (AvgIpc) is 3.68. The zero-order valence-corrected chi connectivity index (χ0v) is 24.1. The van der Waals surface area contributed by atoms with Gasteiger partial charge in [0, 0.05) is 26.6 Å². The van der Waals surface area contributed by atoms with Crippen molar-refractivity contribution in [1.29, 1.82) is 0 Å². The van der Waals surface area contributed by atoms with Crippen LogP contribution in [-0.2, 0) is 11.2 Å². The molecule has 1 aliphatic rings. The van der Waals surface area contributed by atoms with Crippen molar-refractivity contribution in [3.8, 4) is 11.1 Å². The van der Waals surface area contributed by atoms with Crippen molar-refractivity contribution in [3.63, 3.8) is 0 Å². The number of benzene rings is 4. The first-order valence-corrected chi connectivity index (χ1v) is 15.3. The zero-order chi connectivity index (χ0) is 28.9. The van der Waals surface area contributed by atoms with Gasteiger partial charge in [0.2, 0.25) is 0 Å². The lowest BCUT2D eigenvalue weighted by Crippen LogP contribution is -2.30. The zero-order valence-electron chi connectivity index (χ0n) is 22.5. The van der Waals surface area contributed by atoms with Crippen molar-refractivity contribution >= 4 is 52.5 Å². The summed E-state index contributed by atoms with van der Waals surface area (Å²) < 4.78 is 0. The van der Waals surface area contributed by atoms with E-state index in [0.29, 0.717) is 17.0 Å². The summed E-state index contributed by atoms with van der Waals surface area (Å²) >= 11 is 2.93. The smallest absolute Gasteiger partial charge is 0.272 e. The number of nitrogens with one attached hydrogen (secondary N) is 2. The monoisotopic (exact) mass is 586 g/mol. The van der Waals surface area contributed by atoms with Gasteiger partial charge in [0.25, 0.3) is 11.8 Å². The topological polar surface area (TPSA) is 75.3 Å². The molecule has 0 aliphatic heterocycles. The molecule has 0 fully saturated rings. The van der Waals surface area contributed by atoms with Crippen molar-refractivity contribution in [3.05, 3.63) is 147 Å². The highest BCUT2D eigenvalue weighted by Crippen LogP contribution is 2.37. The Labute approximate surface area is 252 Å². The lowest BCUT2D eigenvalue weighted by Gasteiger charge is -2.11. The number of anilines is 1. The summed E-state index contributed by atoms with van der Waals surface area (Å²) in [5, 5.41) is 7.52. The first kappa shape index (κ1) is 27.4. The number of hydrogen-bond acceptors (Lipinski definition) is 5. The first-order chi connectivity index (χ1) is 20.5. The largest absolute Gasteiger partial charge is 0.321 e. The minimum absolute atomic E-state index is 0.0775. The fourth-order valence-corrected chi connectivity index (χ4v) is 6.29. The first-order valence-electron chi connectivity index (χ1n) is 13.4. The SMILES string of the molecule is O=C(Nc1ccc(SCC(=O)c2ccc3c(c2)Cc2ccccc2-3)cc1)/C(=C/c1cccs1)NC(=O)c1ccccc1. The van der Waals surface area contributed by atoms with E-state index in [2.05, 4.69) is 34.9 Å². The third-order valence-electron chi connectivity index (χ3n) is 6.96. The minimum atomic E-state index is -0.429. The van der Waals surface area contributed by atoms with Gasteiger partial charge < -0.3 is 10.6 Å². The maximum Gasteiger partial charge on any atom is 0.272 e. The lowest BCUT2D eigenvalue weighted by atomic mass is 10.0. The van der Waals surface area contributed by atoms with Crippen LogP contribution in [0, 0.1) is 0 Å². The highest BCUT2D eigenvalue weighted by atomic mass is 32.2. The van der Waals surface area contributed by atoms with Gasteiger partial charge in [-0.1, -0.05) is 60.7 Å². The Bertz CT molecular complexity index is 1790. The molecule has 0 bridgehead atoms. The van der Waals surface area contributed by atoms with Crippen molar-refractivity contribution < 1.29 is 14.4 Å². The molecule has 0 atom stereocenters. The summed E-state index contributed by atoms with van der Waals surface area (Å²) in [6, 6.07) is 34.2. The van der Waals surface area contributed by atoms with Crippen molar-refractivity contribution in [2.75, 3.05) is 11.1 Å². The van der Waals surface area contributed by atoms with E-state index in [1.165, 1.54) is 45.4 Å². The van der Waals surface area contributed by atoms with Crippen molar-refractivity contribution in [1.82, 2.24) is 5.32 Å². The highest BCUT2D eigenvalue weighted by Gasteiger charge is 2.20. The standard InChI is InChI=1S/C35H26N2O3S2/c38-33(25-12-17-31-26(20-25)19-24-9-4-5-11-30(24)31)22-42-28-15-13-27(14-16-28)36-35(40)32(21-29-10-6-18-41-29)37-34(39)23-7-2-1-3-8-23/h1-18,20-21H,19,22H2,(H,36,40)(H,37,39)/b32-21-. The summed E-state index contributed by atoms with van der Waals surface area (Å²) in [4.78, 5) is 40.7. The van der Waals surface area contributed by atoms with Crippen LogP contribution in [0.25, 0.3) is 17.2 Å². The summed E-state index contributed by atoms with van der Waals surface area (Å²) in [6.07, 6.45) is 2.52. The number of thioether (sulfide) groups is 1. The van der Waals surface area contributed by atoms with Gasteiger partial charge in [0.05, 0.1) is 5.75 Å². The molecule has 2 N–H and O–H groups in total. The van der Waals surface area contributed by atoms with Gasteiger partial charge in [-0.2, -0.15) is 0 Å². The fourth-order valence-electron chi connectivity index (χ4n) is 4.84. The van der Waals surface area contributed by atoms with Crippen LogP contribution in [0.4, 0.5) is 5.69 Å². The molecule has 4 aromatic carbocycles. The number of carbonyl (C=O) groups is 3. The van der Waals surface area contributed by atoms with Gasteiger partial charge in [-0.3, -0.25) is 14.4 Å². The van der Waals surface area contributed by atoms with Crippen LogP contribution >= 0.6 is 23.1 Å². The van der Waals surface area contributed by atoms with E-state index in [1.54, 1.807) is 42.5 Å². The van der Waals surface area contributed by atoms with Crippen LogP contribution in [0.15, 0.2) is 125 Å². The van der Waals surface area contributed by atoms with Gasteiger partial charge in [-0.15, -0.1) is 23.1 Å². The van der Waals surface area contributed by atoms with Gasteiger partial charge in [-0.25, -0.2) is 0 Å². The van der Waals surface area contributed by atoms with Gasteiger partial charge in [0.1, 0.15) is 5.70 Å². The van der Waals surface area contributed by atoms with Crippen LogP contribution in [0.2, 0.25) is 0 Å². The molecule has 6 rings (SSSR count). The Morgan fingerprint density at radius 2 is 1.52 bits per heavy atom. The molecule has 0 saturated carbocycles. The number of thiophene rings is 1. The van der Waals surface area contributed by atoms with Crippen LogP contribution in [0.5, 0.6) is 0 Å². The Balaban J connectivity index is 1.08. The van der Waals surface area contributed by atoms with Crippen LogP contribution < -0.4 is 10.6 Å². The van der Waals surface area contributed by atoms with Crippen LogP contribution in [0.1, 0.15) is 36.7 Å². The number of carbonyl (C=O) groups excluding carboxylic acids is 3. The molecule has 5 aromatic rings. The van der Waals surface area contributed by atoms with Crippen LogP contribution in [-0.4, -0.2) is 23.4 Å². The number of fused-ring (bicyclic) bond motifs is 3. The molecule has 5 nitrogen and oxygen atoms in total. The van der Waals surface area contributed by atoms with Gasteiger partial charge in [-0.05, 0) is 88.7 Å². The Hall–Kier alpha value is -4.72. The number of hydrogen-bond donors (Lipinski definition) is 2. The molecule has 42 heavy (non-hydrogen) atoms.